The molecule has 1 atom stereocenters. The number of hydrogen-bond acceptors (Lipinski definition) is 2. The number of rotatable bonds is 5. The van der Waals surface area contributed by atoms with Gasteiger partial charge in [0.25, 0.3) is 0 Å². The molecule has 1 N–H and O–H groups in total. The van der Waals surface area contributed by atoms with Gasteiger partial charge in [-0.1, -0.05) is 19.8 Å². The highest BCUT2D eigenvalue weighted by atomic mass is 16.5. The zero-order valence-corrected chi connectivity index (χ0v) is 9.21. The van der Waals surface area contributed by atoms with Crippen LogP contribution in [0, 0.1) is 5.92 Å². The molecule has 3 nitrogen and oxygen atoms in total. The normalized spacial score (nSPS) is 19.6. The van der Waals surface area contributed by atoms with E-state index >= 15 is 0 Å². The predicted octanol–water partition coefficient (Wildman–Crippen LogP) is 1.72. The fourth-order valence-electron chi connectivity index (χ4n) is 1.89. The van der Waals surface area contributed by atoms with E-state index in [1.165, 1.54) is 25.7 Å². The first-order valence-corrected chi connectivity index (χ1v) is 5.61. The van der Waals surface area contributed by atoms with Crippen molar-refractivity contribution in [1.29, 1.82) is 0 Å². The summed E-state index contributed by atoms with van der Waals surface area (Å²) in [7, 11) is 1.68. The Morgan fingerprint density at radius 1 is 1.50 bits per heavy atom. The van der Waals surface area contributed by atoms with Crippen LogP contribution < -0.4 is 5.32 Å². The molecular weight excluding hydrogens is 178 g/mol. The van der Waals surface area contributed by atoms with Crippen molar-refractivity contribution in [2.45, 2.75) is 45.1 Å². The van der Waals surface area contributed by atoms with Gasteiger partial charge < -0.3 is 10.1 Å². The lowest BCUT2D eigenvalue weighted by atomic mass is 10.1. The summed E-state index contributed by atoms with van der Waals surface area (Å²) in [6.07, 6.45) is 6.16. The average Bonchev–Trinajstić information content (AvgIpc) is 2.71. The minimum atomic E-state index is 0.0283. The van der Waals surface area contributed by atoms with Crippen molar-refractivity contribution in [3.8, 4) is 0 Å². The summed E-state index contributed by atoms with van der Waals surface area (Å²) in [5, 5.41) is 2.67. The monoisotopic (exact) mass is 199 g/mol. The van der Waals surface area contributed by atoms with Gasteiger partial charge in [0.05, 0.1) is 18.6 Å². The zero-order chi connectivity index (χ0) is 10.4. The van der Waals surface area contributed by atoms with Crippen molar-refractivity contribution >= 4 is 5.91 Å². The first kappa shape index (κ1) is 11.5. The third-order valence-electron chi connectivity index (χ3n) is 2.95. The van der Waals surface area contributed by atoms with E-state index in [1.807, 2.05) is 6.92 Å². The molecule has 0 spiro atoms. The van der Waals surface area contributed by atoms with E-state index in [-0.39, 0.29) is 11.8 Å². The second-order valence-electron chi connectivity index (χ2n) is 3.96. The summed E-state index contributed by atoms with van der Waals surface area (Å²) in [6.45, 7) is 2.61. The van der Waals surface area contributed by atoms with Gasteiger partial charge in [0.15, 0.2) is 0 Å². The van der Waals surface area contributed by atoms with Crippen molar-refractivity contribution < 1.29 is 9.53 Å². The molecule has 1 saturated carbocycles. The molecule has 1 amide bonds. The molecule has 0 heterocycles. The molecule has 1 aliphatic carbocycles. The summed E-state index contributed by atoms with van der Waals surface area (Å²) in [6, 6.07) is 0. The van der Waals surface area contributed by atoms with Crippen molar-refractivity contribution in [1.82, 2.24) is 5.32 Å². The Hall–Kier alpha value is -0.570. The lowest BCUT2D eigenvalue weighted by molar-refractivity contribution is -0.127. The van der Waals surface area contributed by atoms with Crippen LogP contribution in [-0.4, -0.2) is 25.7 Å². The SMILES string of the molecule is CCC(COC1CCCC1)C(=O)NC. The fraction of sp³-hybridized carbons (Fsp3) is 0.909. The van der Waals surface area contributed by atoms with Crippen molar-refractivity contribution in [3.63, 3.8) is 0 Å². The Balaban J connectivity index is 2.22. The van der Waals surface area contributed by atoms with E-state index in [0.717, 1.165) is 6.42 Å². The Bertz CT molecular complexity index is 176. The minimum absolute atomic E-state index is 0.0283. The fourth-order valence-corrected chi connectivity index (χ4v) is 1.89. The van der Waals surface area contributed by atoms with Crippen LogP contribution in [-0.2, 0) is 9.53 Å². The Morgan fingerprint density at radius 3 is 2.64 bits per heavy atom. The summed E-state index contributed by atoms with van der Waals surface area (Å²) in [4.78, 5) is 11.4. The van der Waals surface area contributed by atoms with Crippen LogP contribution in [0.15, 0.2) is 0 Å². The number of carbonyl (C=O) groups is 1. The molecule has 1 aliphatic rings. The first-order valence-electron chi connectivity index (χ1n) is 5.61. The Morgan fingerprint density at radius 2 is 2.14 bits per heavy atom. The Labute approximate surface area is 86.2 Å². The molecule has 1 rings (SSSR count). The molecule has 1 unspecified atom stereocenters. The van der Waals surface area contributed by atoms with Crippen molar-refractivity contribution in [2.75, 3.05) is 13.7 Å². The summed E-state index contributed by atoms with van der Waals surface area (Å²) in [5.41, 5.74) is 0. The van der Waals surface area contributed by atoms with E-state index in [2.05, 4.69) is 5.32 Å². The van der Waals surface area contributed by atoms with E-state index in [9.17, 15) is 4.79 Å². The summed E-state index contributed by atoms with van der Waals surface area (Å²) in [5.74, 6) is 0.131. The van der Waals surface area contributed by atoms with Gasteiger partial charge in [0, 0.05) is 7.05 Å². The summed E-state index contributed by atoms with van der Waals surface area (Å²) >= 11 is 0. The summed E-state index contributed by atoms with van der Waals surface area (Å²) < 4.78 is 5.72. The van der Waals surface area contributed by atoms with E-state index in [1.54, 1.807) is 7.05 Å². The smallest absolute Gasteiger partial charge is 0.225 e. The third kappa shape index (κ3) is 3.29. The van der Waals surface area contributed by atoms with Crippen LogP contribution in [0.3, 0.4) is 0 Å². The molecule has 0 aromatic heterocycles. The quantitative estimate of drug-likeness (QED) is 0.732. The van der Waals surface area contributed by atoms with Crippen LogP contribution in [0.5, 0.6) is 0 Å². The lowest BCUT2D eigenvalue weighted by Gasteiger charge is -2.17. The largest absolute Gasteiger partial charge is 0.377 e. The van der Waals surface area contributed by atoms with Crippen LogP contribution in [0.4, 0.5) is 0 Å². The standard InChI is InChI=1S/C11H21NO2/c1-3-9(11(13)12-2)8-14-10-6-4-5-7-10/h9-10H,3-8H2,1-2H3,(H,12,13). The van der Waals surface area contributed by atoms with Gasteiger partial charge >= 0.3 is 0 Å². The average molecular weight is 199 g/mol. The molecule has 0 aromatic rings. The van der Waals surface area contributed by atoms with E-state index < -0.39 is 0 Å². The number of nitrogens with one attached hydrogen (secondary N) is 1. The highest BCUT2D eigenvalue weighted by Gasteiger charge is 2.20. The lowest BCUT2D eigenvalue weighted by Crippen LogP contribution is -2.31. The minimum Gasteiger partial charge on any atom is -0.377 e. The molecule has 3 heteroatoms. The predicted molar refractivity (Wildman–Crippen MR) is 56.1 cm³/mol. The molecule has 1 fully saturated rings. The molecule has 0 radical (unpaired) electrons. The topological polar surface area (TPSA) is 38.3 Å². The molecule has 0 bridgehead atoms. The molecule has 0 aromatic carbocycles. The third-order valence-corrected chi connectivity index (χ3v) is 2.95. The van der Waals surface area contributed by atoms with Crippen LogP contribution >= 0.6 is 0 Å². The number of hydrogen-bond donors (Lipinski definition) is 1. The van der Waals surface area contributed by atoms with Gasteiger partial charge in [0.1, 0.15) is 0 Å². The maximum absolute atomic E-state index is 11.4. The van der Waals surface area contributed by atoms with E-state index in [4.69, 9.17) is 4.74 Å². The Kier molecular flexibility index (Phi) is 4.94. The van der Waals surface area contributed by atoms with Crippen molar-refractivity contribution in [3.05, 3.63) is 0 Å². The van der Waals surface area contributed by atoms with Crippen molar-refractivity contribution in [2.24, 2.45) is 5.92 Å². The molecule has 14 heavy (non-hydrogen) atoms. The molecule has 0 aliphatic heterocycles. The number of amides is 1. The first-order chi connectivity index (χ1) is 6.77. The second kappa shape index (κ2) is 6.02. The number of ether oxygens (including phenoxy) is 1. The molecular formula is C11H21NO2. The highest BCUT2D eigenvalue weighted by molar-refractivity contribution is 5.78. The van der Waals surface area contributed by atoms with Gasteiger partial charge in [-0.15, -0.1) is 0 Å². The van der Waals surface area contributed by atoms with Gasteiger partial charge in [-0.05, 0) is 19.3 Å². The zero-order valence-electron chi connectivity index (χ0n) is 9.21. The van der Waals surface area contributed by atoms with Crippen LogP contribution in [0.1, 0.15) is 39.0 Å². The molecule has 82 valence electrons. The highest BCUT2D eigenvalue weighted by Crippen LogP contribution is 2.21. The van der Waals surface area contributed by atoms with Crippen LogP contribution in [0.2, 0.25) is 0 Å². The maximum atomic E-state index is 11.4. The van der Waals surface area contributed by atoms with Crippen LogP contribution in [0.25, 0.3) is 0 Å². The molecule has 0 saturated heterocycles. The second-order valence-corrected chi connectivity index (χ2v) is 3.96. The van der Waals surface area contributed by atoms with Gasteiger partial charge in [-0.2, -0.15) is 0 Å². The van der Waals surface area contributed by atoms with E-state index in [0.29, 0.717) is 12.7 Å². The number of carbonyl (C=O) groups excluding carboxylic acids is 1. The maximum Gasteiger partial charge on any atom is 0.225 e. The van der Waals surface area contributed by atoms with Gasteiger partial charge in [-0.25, -0.2) is 0 Å². The van der Waals surface area contributed by atoms with Gasteiger partial charge in [-0.3, -0.25) is 4.79 Å². The van der Waals surface area contributed by atoms with Gasteiger partial charge in [0.2, 0.25) is 5.91 Å².